The monoisotopic (exact) mass is 446 g/mol. The highest BCUT2D eigenvalue weighted by atomic mass is 32.1. The van der Waals surface area contributed by atoms with E-state index in [0.29, 0.717) is 5.88 Å². The highest BCUT2D eigenvalue weighted by Gasteiger charge is 2.48. The van der Waals surface area contributed by atoms with Gasteiger partial charge in [0.2, 0.25) is 11.8 Å². The Kier molecular flexibility index (Phi) is 4.74. The van der Waals surface area contributed by atoms with E-state index in [1.165, 1.54) is 16.2 Å². The summed E-state index contributed by atoms with van der Waals surface area (Å²) in [6.45, 7) is 1.96. The second kappa shape index (κ2) is 7.49. The summed E-state index contributed by atoms with van der Waals surface area (Å²) >= 11 is 1.54. The van der Waals surface area contributed by atoms with E-state index in [2.05, 4.69) is 4.98 Å². The summed E-state index contributed by atoms with van der Waals surface area (Å²) < 4.78 is 10.7. The molecule has 0 saturated carbocycles. The minimum atomic E-state index is -0.868. The van der Waals surface area contributed by atoms with Gasteiger partial charge in [0.05, 0.1) is 25.0 Å². The number of hydrogen-bond acceptors (Lipinski definition) is 7. The van der Waals surface area contributed by atoms with Crippen molar-refractivity contribution in [2.45, 2.75) is 18.4 Å². The molecule has 0 bridgehead atoms. The molecule has 2 atom stereocenters. The summed E-state index contributed by atoms with van der Waals surface area (Å²) in [6.07, 6.45) is 1.64. The van der Waals surface area contributed by atoms with Crippen LogP contribution in [0.3, 0.4) is 0 Å². The highest BCUT2D eigenvalue weighted by molar-refractivity contribution is 7.10. The van der Waals surface area contributed by atoms with Crippen molar-refractivity contribution >= 4 is 34.2 Å². The molecular weight excluding hydrogens is 424 g/mol. The number of carbonyl (C=O) groups is 1. The van der Waals surface area contributed by atoms with Gasteiger partial charge in [-0.15, -0.1) is 11.3 Å². The molecule has 8 heteroatoms. The van der Waals surface area contributed by atoms with Crippen LogP contribution in [0.2, 0.25) is 0 Å². The van der Waals surface area contributed by atoms with E-state index in [9.17, 15) is 4.79 Å². The summed E-state index contributed by atoms with van der Waals surface area (Å²) in [6, 6.07) is 15.4. The van der Waals surface area contributed by atoms with Crippen molar-refractivity contribution in [1.82, 2.24) is 9.88 Å². The zero-order valence-corrected chi connectivity index (χ0v) is 18.7. The largest absolute Gasteiger partial charge is 0.481 e. The maximum Gasteiger partial charge on any atom is 0.239 e. The lowest BCUT2D eigenvalue weighted by Gasteiger charge is -2.40. The molecule has 3 aromatic heterocycles. The van der Waals surface area contributed by atoms with Crippen molar-refractivity contribution in [1.29, 1.82) is 0 Å². The standard InChI is InChI=1S/C24H22N4O3S/c1-24(19-12-16(13-32-19)17-5-4-6-20(26-17)30-3)21(22(29)28(2)23(25)27-24)15-7-8-18-14(11-15)9-10-31-18/h4-13,21H,1-3H3,(H2,25,27)/t21-,24+/m0/s1. The number of nitrogens with two attached hydrogens (primary N) is 1. The Morgan fingerprint density at radius 3 is 2.88 bits per heavy atom. The first-order valence-electron chi connectivity index (χ1n) is 10.1. The molecule has 2 N–H and O–H groups in total. The van der Waals surface area contributed by atoms with E-state index in [-0.39, 0.29) is 11.9 Å². The average molecular weight is 447 g/mol. The van der Waals surface area contributed by atoms with Gasteiger partial charge < -0.3 is 14.9 Å². The minimum Gasteiger partial charge on any atom is -0.481 e. The Morgan fingerprint density at radius 2 is 2.06 bits per heavy atom. The van der Waals surface area contributed by atoms with E-state index in [1.807, 2.05) is 54.8 Å². The number of pyridine rings is 1. The molecule has 1 aromatic carbocycles. The molecule has 0 fully saturated rings. The molecule has 4 heterocycles. The molecule has 0 radical (unpaired) electrons. The Hall–Kier alpha value is -3.65. The third-order valence-electron chi connectivity index (χ3n) is 5.97. The number of aromatic nitrogens is 1. The first kappa shape index (κ1) is 20.3. The summed E-state index contributed by atoms with van der Waals surface area (Å²) in [5.41, 5.74) is 8.67. The second-order valence-corrected chi connectivity index (χ2v) is 8.84. The van der Waals surface area contributed by atoms with Crippen LogP contribution in [0.1, 0.15) is 23.3 Å². The summed E-state index contributed by atoms with van der Waals surface area (Å²) in [4.78, 5) is 25.2. The number of benzene rings is 1. The van der Waals surface area contributed by atoms with Crippen LogP contribution in [0.5, 0.6) is 5.88 Å². The Morgan fingerprint density at radius 1 is 1.22 bits per heavy atom. The van der Waals surface area contributed by atoms with Gasteiger partial charge in [-0.3, -0.25) is 9.69 Å². The van der Waals surface area contributed by atoms with Crippen LogP contribution in [-0.2, 0) is 10.3 Å². The van der Waals surface area contributed by atoms with E-state index in [1.54, 1.807) is 26.5 Å². The fraction of sp³-hybridized carbons (Fsp3) is 0.208. The quantitative estimate of drug-likeness (QED) is 0.503. The molecule has 4 aromatic rings. The van der Waals surface area contributed by atoms with Crippen LogP contribution < -0.4 is 10.5 Å². The minimum absolute atomic E-state index is 0.0997. The second-order valence-electron chi connectivity index (χ2n) is 7.93. The molecule has 0 aliphatic carbocycles. The molecule has 0 saturated heterocycles. The summed E-state index contributed by atoms with van der Waals surface area (Å²) in [5, 5.41) is 2.96. The molecule has 5 rings (SSSR count). The lowest BCUT2D eigenvalue weighted by Crippen LogP contribution is -2.52. The first-order chi connectivity index (χ1) is 15.4. The molecule has 1 aliphatic heterocycles. The van der Waals surface area contributed by atoms with Crippen LogP contribution in [0.25, 0.3) is 22.2 Å². The van der Waals surface area contributed by atoms with Crippen LogP contribution in [0, 0.1) is 0 Å². The number of ether oxygens (including phenoxy) is 1. The van der Waals surface area contributed by atoms with Crippen molar-refractivity contribution in [3.05, 3.63) is 70.6 Å². The van der Waals surface area contributed by atoms with E-state index >= 15 is 0 Å². The first-order valence-corrected chi connectivity index (χ1v) is 11.0. The molecule has 162 valence electrons. The molecular formula is C24H22N4O3S. The predicted octanol–water partition coefficient (Wildman–Crippen LogP) is 4.35. The van der Waals surface area contributed by atoms with Gasteiger partial charge in [-0.1, -0.05) is 12.1 Å². The number of thiophene rings is 1. The zero-order valence-electron chi connectivity index (χ0n) is 17.9. The number of rotatable bonds is 4. The van der Waals surface area contributed by atoms with Gasteiger partial charge in [0.25, 0.3) is 0 Å². The Balaban J connectivity index is 1.63. The van der Waals surface area contributed by atoms with E-state index < -0.39 is 11.5 Å². The molecule has 0 unspecified atom stereocenters. The van der Waals surface area contributed by atoms with Crippen molar-refractivity contribution in [3.63, 3.8) is 0 Å². The SMILES string of the molecule is COc1cccc(-c2csc([C@@]3(C)N=C(N)N(C)C(=O)[C@@H]3c3ccc4occc4c3)c2)n1. The van der Waals surface area contributed by atoms with Gasteiger partial charge in [0.15, 0.2) is 5.96 Å². The van der Waals surface area contributed by atoms with Crippen molar-refractivity contribution < 1.29 is 13.9 Å². The van der Waals surface area contributed by atoms with Crippen LogP contribution >= 0.6 is 11.3 Å². The molecule has 1 aliphatic rings. The lowest BCUT2D eigenvalue weighted by atomic mass is 9.77. The zero-order chi connectivity index (χ0) is 22.5. The third kappa shape index (κ3) is 3.15. The van der Waals surface area contributed by atoms with Gasteiger partial charge in [-0.2, -0.15) is 0 Å². The highest BCUT2D eigenvalue weighted by Crippen LogP contribution is 2.47. The van der Waals surface area contributed by atoms with E-state index in [0.717, 1.165) is 32.7 Å². The van der Waals surface area contributed by atoms with Crippen molar-refractivity contribution in [2.24, 2.45) is 10.7 Å². The van der Waals surface area contributed by atoms with Crippen LogP contribution in [-0.4, -0.2) is 35.9 Å². The molecule has 7 nitrogen and oxygen atoms in total. The average Bonchev–Trinajstić information content (AvgIpc) is 3.47. The number of amides is 1. The molecule has 0 spiro atoms. The van der Waals surface area contributed by atoms with Gasteiger partial charge in [0, 0.05) is 34.3 Å². The number of carbonyl (C=O) groups excluding carboxylic acids is 1. The number of methoxy groups -OCH3 is 1. The van der Waals surface area contributed by atoms with Crippen molar-refractivity contribution in [2.75, 3.05) is 14.2 Å². The molecule has 1 amide bonds. The summed E-state index contributed by atoms with van der Waals surface area (Å²) in [7, 11) is 3.25. The molecule has 32 heavy (non-hydrogen) atoms. The normalized spacial score (nSPS) is 21.1. The summed E-state index contributed by atoms with van der Waals surface area (Å²) in [5.74, 6) is 0.109. The van der Waals surface area contributed by atoms with E-state index in [4.69, 9.17) is 19.9 Å². The Bertz CT molecular complexity index is 1360. The smallest absolute Gasteiger partial charge is 0.239 e. The maximum absolute atomic E-state index is 13.5. The number of hydrogen-bond donors (Lipinski definition) is 1. The van der Waals surface area contributed by atoms with Crippen LogP contribution in [0.4, 0.5) is 0 Å². The number of fused-ring (bicyclic) bond motifs is 1. The number of aliphatic imine (C=N–C) groups is 1. The number of nitrogens with zero attached hydrogens (tertiary/aromatic N) is 3. The number of likely N-dealkylation sites (N-methyl/N-ethyl adjacent to an activating group) is 1. The van der Waals surface area contributed by atoms with Gasteiger partial charge in [0.1, 0.15) is 11.1 Å². The van der Waals surface area contributed by atoms with Crippen LogP contribution in [0.15, 0.2) is 69.6 Å². The maximum atomic E-state index is 13.5. The van der Waals surface area contributed by atoms with Gasteiger partial charge in [-0.25, -0.2) is 9.98 Å². The third-order valence-corrected chi connectivity index (χ3v) is 7.12. The Labute approximate surface area is 189 Å². The number of guanidine groups is 1. The predicted molar refractivity (Wildman–Crippen MR) is 125 cm³/mol. The fourth-order valence-corrected chi connectivity index (χ4v) is 5.22. The fourth-order valence-electron chi connectivity index (χ4n) is 4.18. The van der Waals surface area contributed by atoms with Crippen molar-refractivity contribution in [3.8, 4) is 17.1 Å². The van der Waals surface area contributed by atoms with Gasteiger partial charge in [-0.05, 0) is 42.8 Å². The lowest BCUT2D eigenvalue weighted by molar-refractivity contribution is -0.130. The van der Waals surface area contributed by atoms with Gasteiger partial charge >= 0.3 is 0 Å². The topological polar surface area (TPSA) is 94.0 Å². The number of furan rings is 1.